The van der Waals surface area contributed by atoms with Gasteiger partial charge in [-0.2, -0.15) is 0 Å². The molecule has 3 rings (SSSR count). The van der Waals surface area contributed by atoms with E-state index in [0.29, 0.717) is 22.8 Å². The zero-order chi connectivity index (χ0) is 17.1. The predicted molar refractivity (Wildman–Crippen MR) is 99.2 cm³/mol. The molecule has 1 amide bonds. The van der Waals surface area contributed by atoms with Crippen LogP contribution < -0.4 is 11.1 Å². The quantitative estimate of drug-likeness (QED) is 0.739. The van der Waals surface area contributed by atoms with E-state index in [1.807, 2.05) is 24.3 Å². The molecule has 2 aromatic carbocycles. The first-order valence-corrected chi connectivity index (χ1v) is 8.94. The van der Waals surface area contributed by atoms with Crippen LogP contribution in [0, 0.1) is 0 Å². The van der Waals surface area contributed by atoms with Crippen molar-refractivity contribution in [2.45, 2.75) is 25.0 Å². The summed E-state index contributed by atoms with van der Waals surface area (Å²) >= 11 is 9.36. The summed E-state index contributed by atoms with van der Waals surface area (Å²) in [6.07, 6.45) is 1.84. The number of nitrogen functional groups attached to an aromatic ring is 1. The summed E-state index contributed by atoms with van der Waals surface area (Å²) in [6.45, 7) is 0.464. The second-order valence-corrected chi connectivity index (χ2v) is 7.17. The second kappa shape index (κ2) is 7.55. The van der Waals surface area contributed by atoms with Crippen LogP contribution in [-0.4, -0.2) is 18.6 Å². The number of amides is 1. The molecule has 126 valence electrons. The van der Waals surface area contributed by atoms with Gasteiger partial charge in [0.25, 0.3) is 5.91 Å². The maximum atomic E-state index is 12.3. The van der Waals surface area contributed by atoms with Crippen molar-refractivity contribution in [2.24, 2.45) is 0 Å². The van der Waals surface area contributed by atoms with Crippen molar-refractivity contribution in [3.63, 3.8) is 0 Å². The maximum Gasteiger partial charge on any atom is 0.253 e. The van der Waals surface area contributed by atoms with E-state index in [1.54, 1.807) is 18.2 Å². The highest BCUT2D eigenvalue weighted by atomic mass is 79.9. The molecule has 0 aromatic heterocycles. The molecule has 2 unspecified atom stereocenters. The lowest BCUT2D eigenvalue weighted by atomic mass is 10.1. The van der Waals surface area contributed by atoms with E-state index < -0.39 is 0 Å². The molecule has 1 aliphatic rings. The van der Waals surface area contributed by atoms with E-state index in [4.69, 9.17) is 22.1 Å². The van der Waals surface area contributed by atoms with Crippen LogP contribution in [0.3, 0.4) is 0 Å². The molecule has 6 heteroatoms. The molecule has 1 aliphatic heterocycles. The Hall–Kier alpha value is -1.56. The summed E-state index contributed by atoms with van der Waals surface area (Å²) in [4.78, 5) is 12.3. The molecule has 0 bridgehead atoms. The fourth-order valence-corrected chi connectivity index (χ4v) is 3.43. The van der Waals surface area contributed by atoms with Gasteiger partial charge in [0, 0.05) is 21.7 Å². The standard InChI is InChI=1S/C18H18BrClN2O2/c19-12-4-6-15(16(21)9-12)18(23)22-10-14-5-7-17(24-14)11-2-1-3-13(20)8-11/h1-4,6,8-9,14,17H,5,7,10,21H2,(H,22,23). The van der Waals surface area contributed by atoms with Crippen molar-refractivity contribution in [1.82, 2.24) is 5.32 Å². The molecule has 0 radical (unpaired) electrons. The predicted octanol–water partition coefficient (Wildman–Crippen LogP) is 4.33. The first-order chi connectivity index (χ1) is 11.5. The fraction of sp³-hybridized carbons (Fsp3) is 0.278. The van der Waals surface area contributed by atoms with Crippen molar-refractivity contribution in [3.05, 3.63) is 63.1 Å². The lowest BCUT2D eigenvalue weighted by Crippen LogP contribution is -2.32. The Kier molecular flexibility index (Phi) is 5.43. The number of hydrogen-bond donors (Lipinski definition) is 2. The van der Waals surface area contributed by atoms with E-state index in [1.165, 1.54) is 0 Å². The van der Waals surface area contributed by atoms with Gasteiger partial charge < -0.3 is 15.8 Å². The molecule has 24 heavy (non-hydrogen) atoms. The average molecular weight is 410 g/mol. The molecular formula is C18H18BrClN2O2. The SMILES string of the molecule is Nc1cc(Br)ccc1C(=O)NCC1CCC(c2cccc(Cl)c2)O1. The topological polar surface area (TPSA) is 64.4 Å². The summed E-state index contributed by atoms with van der Waals surface area (Å²) in [5.41, 5.74) is 7.89. The van der Waals surface area contributed by atoms with Crippen LogP contribution in [0.5, 0.6) is 0 Å². The lowest BCUT2D eigenvalue weighted by molar-refractivity contribution is 0.0436. The van der Waals surface area contributed by atoms with Gasteiger partial charge in [-0.05, 0) is 48.7 Å². The molecule has 0 aliphatic carbocycles. The van der Waals surface area contributed by atoms with Crippen LogP contribution in [0.4, 0.5) is 5.69 Å². The van der Waals surface area contributed by atoms with Gasteiger partial charge in [-0.1, -0.05) is 39.7 Å². The van der Waals surface area contributed by atoms with Crippen LogP contribution >= 0.6 is 27.5 Å². The molecule has 2 atom stereocenters. The van der Waals surface area contributed by atoms with E-state index in [2.05, 4.69) is 21.2 Å². The highest BCUT2D eigenvalue weighted by Gasteiger charge is 2.27. The Morgan fingerprint density at radius 2 is 2.12 bits per heavy atom. The van der Waals surface area contributed by atoms with Gasteiger partial charge >= 0.3 is 0 Å². The van der Waals surface area contributed by atoms with Gasteiger partial charge in [-0.25, -0.2) is 0 Å². The third-order valence-corrected chi connectivity index (χ3v) is 4.80. The summed E-state index contributed by atoms with van der Waals surface area (Å²) < 4.78 is 6.87. The Labute approximate surface area is 154 Å². The number of nitrogens with one attached hydrogen (secondary N) is 1. The number of carbonyl (C=O) groups is 1. The van der Waals surface area contributed by atoms with Gasteiger partial charge in [-0.3, -0.25) is 4.79 Å². The first-order valence-electron chi connectivity index (χ1n) is 7.77. The minimum atomic E-state index is -0.185. The zero-order valence-electron chi connectivity index (χ0n) is 13.0. The normalized spacial score (nSPS) is 20.1. The number of carbonyl (C=O) groups excluding carboxylic acids is 1. The molecule has 1 fully saturated rings. The van der Waals surface area contributed by atoms with E-state index in [9.17, 15) is 4.79 Å². The Balaban J connectivity index is 1.55. The van der Waals surface area contributed by atoms with Gasteiger partial charge in [-0.15, -0.1) is 0 Å². The summed E-state index contributed by atoms with van der Waals surface area (Å²) in [5, 5.41) is 3.61. The Morgan fingerprint density at radius 1 is 1.29 bits per heavy atom. The number of anilines is 1. The molecular weight excluding hydrogens is 392 g/mol. The van der Waals surface area contributed by atoms with E-state index in [-0.39, 0.29) is 18.1 Å². The number of nitrogens with two attached hydrogens (primary N) is 1. The largest absolute Gasteiger partial charge is 0.398 e. The minimum Gasteiger partial charge on any atom is -0.398 e. The number of benzene rings is 2. The third kappa shape index (κ3) is 4.09. The maximum absolute atomic E-state index is 12.3. The Bertz CT molecular complexity index is 754. The first kappa shape index (κ1) is 17.3. The van der Waals surface area contributed by atoms with E-state index >= 15 is 0 Å². The number of halogens is 2. The lowest BCUT2D eigenvalue weighted by Gasteiger charge is -2.15. The van der Waals surface area contributed by atoms with Crippen molar-refractivity contribution < 1.29 is 9.53 Å². The monoisotopic (exact) mass is 408 g/mol. The van der Waals surface area contributed by atoms with Crippen molar-refractivity contribution in [1.29, 1.82) is 0 Å². The molecule has 4 nitrogen and oxygen atoms in total. The molecule has 1 saturated heterocycles. The van der Waals surface area contributed by atoms with Crippen molar-refractivity contribution in [3.8, 4) is 0 Å². The number of rotatable bonds is 4. The van der Waals surface area contributed by atoms with Gasteiger partial charge in [0.15, 0.2) is 0 Å². The number of hydrogen-bond acceptors (Lipinski definition) is 3. The molecule has 0 saturated carbocycles. The van der Waals surface area contributed by atoms with Gasteiger partial charge in [0.1, 0.15) is 0 Å². The molecule has 0 spiro atoms. The summed E-state index contributed by atoms with van der Waals surface area (Å²) in [5.74, 6) is -0.185. The highest BCUT2D eigenvalue weighted by Crippen LogP contribution is 2.33. The van der Waals surface area contributed by atoms with Crippen LogP contribution in [0.2, 0.25) is 5.02 Å². The van der Waals surface area contributed by atoms with Gasteiger partial charge in [0.2, 0.25) is 0 Å². The summed E-state index contributed by atoms with van der Waals surface area (Å²) in [6, 6.07) is 12.9. The van der Waals surface area contributed by atoms with Gasteiger partial charge in [0.05, 0.1) is 17.8 Å². The van der Waals surface area contributed by atoms with Crippen molar-refractivity contribution >= 4 is 39.1 Å². The fourth-order valence-electron chi connectivity index (χ4n) is 2.85. The van der Waals surface area contributed by atoms with Crippen LogP contribution in [0.1, 0.15) is 34.9 Å². The van der Waals surface area contributed by atoms with Crippen LogP contribution in [-0.2, 0) is 4.74 Å². The smallest absolute Gasteiger partial charge is 0.253 e. The Morgan fingerprint density at radius 3 is 2.88 bits per heavy atom. The average Bonchev–Trinajstić information content (AvgIpc) is 3.01. The third-order valence-electron chi connectivity index (χ3n) is 4.08. The minimum absolute atomic E-state index is 0.00500. The van der Waals surface area contributed by atoms with Crippen LogP contribution in [0.15, 0.2) is 46.9 Å². The van der Waals surface area contributed by atoms with Crippen molar-refractivity contribution in [2.75, 3.05) is 12.3 Å². The van der Waals surface area contributed by atoms with Crippen LogP contribution in [0.25, 0.3) is 0 Å². The summed E-state index contributed by atoms with van der Waals surface area (Å²) in [7, 11) is 0. The number of ether oxygens (including phenoxy) is 1. The second-order valence-electron chi connectivity index (χ2n) is 5.82. The highest BCUT2D eigenvalue weighted by molar-refractivity contribution is 9.10. The van der Waals surface area contributed by atoms with E-state index in [0.717, 1.165) is 22.9 Å². The molecule has 2 aromatic rings. The zero-order valence-corrected chi connectivity index (χ0v) is 15.3. The molecule has 3 N–H and O–H groups in total. The molecule has 1 heterocycles.